The van der Waals surface area contributed by atoms with Gasteiger partial charge in [-0.2, -0.15) is 0 Å². The molecule has 1 heterocycles. The summed E-state index contributed by atoms with van der Waals surface area (Å²) in [6.07, 6.45) is 0. The zero-order valence-electron chi connectivity index (χ0n) is 10.8. The summed E-state index contributed by atoms with van der Waals surface area (Å²) in [5, 5.41) is 0. The van der Waals surface area contributed by atoms with Crippen LogP contribution in [0, 0.1) is 5.82 Å². The molecule has 1 fully saturated rings. The molecule has 0 radical (unpaired) electrons. The van der Waals surface area contributed by atoms with Crippen molar-refractivity contribution in [3.05, 3.63) is 35.6 Å². The fourth-order valence-electron chi connectivity index (χ4n) is 2.13. The van der Waals surface area contributed by atoms with E-state index < -0.39 is 5.82 Å². The standard InChI is InChI=1S/C14H18FNO2/c1-14(2)10-18-8-7-16(14)9-13(17)11-5-3-4-6-12(11)15/h3-6H,7-10H2,1-2H3. The molecule has 0 amide bonds. The van der Waals surface area contributed by atoms with Gasteiger partial charge < -0.3 is 4.74 Å². The number of hydrogen-bond acceptors (Lipinski definition) is 3. The number of halogens is 1. The summed E-state index contributed by atoms with van der Waals surface area (Å²) in [5.41, 5.74) is -0.0149. The molecular formula is C14H18FNO2. The van der Waals surface area contributed by atoms with E-state index in [1.165, 1.54) is 12.1 Å². The molecule has 1 aromatic carbocycles. The van der Waals surface area contributed by atoms with Crippen molar-refractivity contribution < 1.29 is 13.9 Å². The summed E-state index contributed by atoms with van der Waals surface area (Å²) in [6, 6.07) is 6.12. The number of carbonyl (C=O) groups is 1. The lowest BCUT2D eigenvalue weighted by atomic mass is 10.0. The number of carbonyl (C=O) groups excluding carboxylic acids is 1. The van der Waals surface area contributed by atoms with Gasteiger partial charge in [-0.05, 0) is 26.0 Å². The van der Waals surface area contributed by atoms with Crippen molar-refractivity contribution in [2.75, 3.05) is 26.3 Å². The van der Waals surface area contributed by atoms with Gasteiger partial charge in [0.05, 0.1) is 25.3 Å². The molecule has 0 saturated carbocycles. The Morgan fingerprint density at radius 2 is 2.17 bits per heavy atom. The van der Waals surface area contributed by atoms with Crippen molar-refractivity contribution in [3.63, 3.8) is 0 Å². The normalized spacial score (nSPS) is 19.7. The van der Waals surface area contributed by atoms with Gasteiger partial charge in [-0.3, -0.25) is 9.69 Å². The summed E-state index contributed by atoms with van der Waals surface area (Å²) in [5.74, 6) is -0.628. The lowest BCUT2D eigenvalue weighted by Gasteiger charge is -2.41. The Morgan fingerprint density at radius 3 is 2.83 bits per heavy atom. The van der Waals surface area contributed by atoms with Crippen molar-refractivity contribution in [2.45, 2.75) is 19.4 Å². The molecule has 1 aliphatic heterocycles. The predicted octanol–water partition coefficient (Wildman–Crippen LogP) is 2.12. The minimum Gasteiger partial charge on any atom is -0.378 e. The summed E-state index contributed by atoms with van der Waals surface area (Å²) in [7, 11) is 0. The maximum Gasteiger partial charge on any atom is 0.179 e. The van der Waals surface area contributed by atoms with E-state index in [0.717, 1.165) is 0 Å². The highest BCUT2D eigenvalue weighted by Gasteiger charge is 2.32. The van der Waals surface area contributed by atoms with Gasteiger partial charge in [-0.1, -0.05) is 12.1 Å². The van der Waals surface area contributed by atoms with Crippen LogP contribution in [-0.2, 0) is 4.74 Å². The first kappa shape index (κ1) is 13.2. The average Bonchev–Trinajstić information content (AvgIpc) is 2.32. The molecule has 0 bridgehead atoms. The molecule has 1 aromatic rings. The first-order valence-electron chi connectivity index (χ1n) is 6.11. The molecule has 4 heteroatoms. The molecule has 2 rings (SSSR count). The largest absolute Gasteiger partial charge is 0.378 e. The second-order valence-corrected chi connectivity index (χ2v) is 5.19. The minimum atomic E-state index is -0.450. The lowest BCUT2D eigenvalue weighted by molar-refractivity contribution is -0.0467. The zero-order chi connectivity index (χ0) is 13.2. The van der Waals surface area contributed by atoms with E-state index in [1.54, 1.807) is 12.1 Å². The zero-order valence-corrected chi connectivity index (χ0v) is 10.8. The molecule has 0 spiro atoms. The molecule has 0 N–H and O–H groups in total. The Bertz CT molecular complexity index is 445. The quantitative estimate of drug-likeness (QED) is 0.771. The van der Waals surface area contributed by atoms with Gasteiger partial charge >= 0.3 is 0 Å². The van der Waals surface area contributed by atoms with Crippen LogP contribution in [0.5, 0.6) is 0 Å². The van der Waals surface area contributed by atoms with Crippen LogP contribution in [-0.4, -0.2) is 42.5 Å². The van der Waals surface area contributed by atoms with Crippen LogP contribution >= 0.6 is 0 Å². The summed E-state index contributed by atoms with van der Waals surface area (Å²) in [4.78, 5) is 14.1. The minimum absolute atomic E-state index is 0.166. The van der Waals surface area contributed by atoms with E-state index in [9.17, 15) is 9.18 Å². The number of rotatable bonds is 3. The highest BCUT2D eigenvalue weighted by atomic mass is 19.1. The first-order chi connectivity index (χ1) is 8.50. The SMILES string of the molecule is CC1(C)COCCN1CC(=O)c1ccccc1F. The van der Waals surface area contributed by atoms with Gasteiger partial charge in [-0.25, -0.2) is 4.39 Å². The third-order valence-corrected chi connectivity index (χ3v) is 3.33. The maximum atomic E-state index is 13.5. The van der Waals surface area contributed by atoms with E-state index in [0.29, 0.717) is 19.8 Å². The number of nitrogens with zero attached hydrogens (tertiary/aromatic N) is 1. The molecular weight excluding hydrogens is 233 g/mol. The van der Waals surface area contributed by atoms with Crippen LogP contribution in [0.3, 0.4) is 0 Å². The van der Waals surface area contributed by atoms with Crippen LogP contribution in [0.4, 0.5) is 4.39 Å². The second kappa shape index (κ2) is 5.16. The van der Waals surface area contributed by atoms with E-state index in [1.807, 2.05) is 18.7 Å². The summed E-state index contributed by atoms with van der Waals surface area (Å²) in [6.45, 7) is 6.21. The topological polar surface area (TPSA) is 29.5 Å². The van der Waals surface area contributed by atoms with Gasteiger partial charge in [0.15, 0.2) is 5.78 Å². The Morgan fingerprint density at radius 1 is 1.44 bits per heavy atom. The van der Waals surface area contributed by atoms with Crippen molar-refractivity contribution >= 4 is 5.78 Å². The van der Waals surface area contributed by atoms with E-state index in [2.05, 4.69) is 0 Å². The van der Waals surface area contributed by atoms with Gasteiger partial charge in [0.1, 0.15) is 5.82 Å². The van der Waals surface area contributed by atoms with Crippen molar-refractivity contribution in [2.24, 2.45) is 0 Å². The van der Waals surface area contributed by atoms with Crippen molar-refractivity contribution in [1.29, 1.82) is 0 Å². The highest BCUT2D eigenvalue weighted by Crippen LogP contribution is 2.19. The third kappa shape index (κ3) is 2.76. The van der Waals surface area contributed by atoms with Crippen LogP contribution in [0.15, 0.2) is 24.3 Å². The molecule has 98 valence electrons. The van der Waals surface area contributed by atoms with Crippen LogP contribution in [0.25, 0.3) is 0 Å². The van der Waals surface area contributed by atoms with Gasteiger partial charge in [0.2, 0.25) is 0 Å². The molecule has 1 saturated heterocycles. The van der Waals surface area contributed by atoms with Gasteiger partial charge in [0, 0.05) is 12.1 Å². The van der Waals surface area contributed by atoms with Crippen LogP contribution in [0.1, 0.15) is 24.2 Å². The molecule has 0 atom stereocenters. The Kier molecular flexibility index (Phi) is 3.78. The second-order valence-electron chi connectivity index (χ2n) is 5.19. The number of ketones is 1. The van der Waals surface area contributed by atoms with Crippen molar-refractivity contribution in [1.82, 2.24) is 4.90 Å². The predicted molar refractivity (Wildman–Crippen MR) is 67.2 cm³/mol. The molecule has 0 unspecified atom stereocenters. The number of morpholine rings is 1. The molecule has 0 aromatic heterocycles. The Balaban J connectivity index is 2.10. The summed E-state index contributed by atoms with van der Waals surface area (Å²) < 4.78 is 18.9. The Hall–Kier alpha value is -1.26. The number of benzene rings is 1. The van der Waals surface area contributed by atoms with E-state index in [-0.39, 0.29) is 23.4 Å². The van der Waals surface area contributed by atoms with Crippen LogP contribution < -0.4 is 0 Å². The van der Waals surface area contributed by atoms with Crippen molar-refractivity contribution in [3.8, 4) is 0 Å². The monoisotopic (exact) mass is 251 g/mol. The smallest absolute Gasteiger partial charge is 0.179 e. The van der Waals surface area contributed by atoms with E-state index in [4.69, 9.17) is 4.74 Å². The molecule has 18 heavy (non-hydrogen) atoms. The third-order valence-electron chi connectivity index (χ3n) is 3.33. The Labute approximate surface area is 107 Å². The van der Waals surface area contributed by atoms with Gasteiger partial charge in [0.25, 0.3) is 0 Å². The lowest BCUT2D eigenvalue weighted by Crippen LogP contribution is -2.54. The molecule has 1 aliphatic rings. The van der Waals surface area contributed by atoms with Gasteiger partial charge in [-0.15, -0.1) is 0 Å². The highest BCUT2D eigenvalue weighted by molar-refractivity contribution is 5.97. The number of hydrogen-bond donors (Lipinski definition) is 0. The number of ether oxygens (including phenoxy) is 1. The fourth-order valence-corrected chi connectivity index (χ4v) is 2.13. The molecule has 3 nitrogen and oxygen atoms in total. The fraction of sp³-hybridized carbons (Fsp3) is 0.500. The van der Waals surface area contributed by atoms with Crippen LogP contribution in [0.2, 0.25) is 0 Å². The maximum absolute atomic E-state index is 13.5. The molecule has 0 aliphatic carbocycles. The van der Waals surface area contributed by atoms with E-state index >= 15 is 0 Å². The first-order valence-corrected chi connectivity index (χ1v) is 6.11. The summed E-state index contributed by atoms with van der Waals surface area (Å²) >= 11 is 0. The average molecular weight is 251 g/mol. The number of Topliss-reactive ketones (excluding diaryl/α,β-unsaturated/α-hetero) is 1.